The molecule has 0 saturated heterocycles. The molecule has 0 aliphatic heterocycles. The van der Waals surface area contributed by atoms with Gasteiger partial charge in [-0.05, 0) is 35.9 Å². The van der Waals surface area contributed by atoms with Crippen molar-refractivity contribution in [2.75, 3.05) is 5.43 Å². The Balaban J connectivity index is 1.64. The minimum absolute atomic E-state index is 0.151. The average Bonchev–Trinajstić information content (AvgIpc) is 3.23. The van der Waals surface area contributed by atoms with E-state index in [1.807, 2.05) is 84.9 Å². The Kier molecular flexibility index (Phi) is 6.19. The molecular formula is C28H19F3N4O2. The molecule has 5 rings (SSSR count). The number of nitrogens with zero attached hydrogens (tertiary/aromatic N) is 3. The van der Waals surface area contributed by atoms with Gasteiger partial charge >= 0.3 is 6.18 Å². The third kappa shape index (κ3) is 4.66. The molecule has 6 nitrogen and oxygen atoms in total. The van der Waals surface area contributed by atoms with Crippen LogP contribution in [0.4, 0.5) is 24.5 Å². The van der Waals surface area contributed by atoms with E-state index in [2.05, 4.69) is 15.1 Å². The SMILES string of the molecule is O=[N+]([O-])c1cc(C(F)(F)F)ccc1N/N=C/c1c(-c2ccccc2)n(-c2ccccc2)c2ccccc12. The maximum Gasteiger partial charge on any atom is 0.416 e. The number of anilines is 1. The van der Waals surface area contributed by atoms with Crippen molar-refractivity contribution in [3.05, 3.63) is 124 Å². The van der Waals surface area contributed by atoms with Crippen LogP contribution in [0.2, 0.25) is 0 Å². The van der Waals surface area contributed by atoms with Gasteiger partial charge < -0.3 is 4.57 Å². The number of halogens is 3. The number of hydrogen-bond acceptors (Lipinski definition) is 4. The number of benzene rings is 4. The van der Waals surface area contributed by atoms with Crippen molar-refractivity contribution < 1.29 is 18.1 Å². The fraction of sp³-hybridized carbons (Fsp3) is 0.0357. The number of alkyl halides is 3. The fourth-order valence-corrected chi connectivity index (χ4v) is 4.24. The molecule has 9 heteroatoms. The van der Waals surface area contributed by atoms with E-state index in [1.165, 1.54) is 6.21 Å². The second-order valence-electron chi connectivity index (χ2n) is 8.17. The molecule has 0 unspecified atom stereocenters. The van der Waals surface area contributed by atoms with Crippen LogP contribution >= 0.6 is 0 Å². The summed E-state index contributed by atoms with van der Waals surface area (Å²) in [7, 11) is 0. The molecule has 4 aromatic carbocycles. The monoisotopic (exact) mass is 500 g/mol. The molecule has 0 aliphatic carbocycles. The second kappa shape index (κ2) is 9.62. The number of nitrogens with one attached hydrogen (secondary N) is 1. The number of hydrazone groups is 1. The maximum atomic E-state index is 13.1. The van der Waals surface area contributed by atoms with Gasteiger partial charge in [-0.15, -0.1) is 0 Å². The smallest absolute Gasteiger partial charge is 0.309 e. The van der Waals surface area contributed by atoms with Gasteiger partial charge in [-0.25, -0.2) is 0 Å². The van der Waals surface area contributed by atoms with Crippen LogP contribution in [0.3, 0.4) is 0 Å². The van der Waals surface area contributed by atoms with Gasteiger partial charge in [0, 0.05) is 22.7 Å². The van der Waals surface area contributed by atoms with Crippen LogP contribution in [0, 0.1) is 10.1 Å². The third-order valence-electron chi connectivity index (χ3n) is 5.88. The molecule has 0 bridgehead atoms. The van der Waals surface area contributed by atoms with Crippen LogP contribution in [0.15, 0.2) is 108 Å². The average molecular weight is 500 g/mol. The molecule has 37 heavy (non-hydrogen) atoms. The van der Waals surface area contributed by atoms with E-state index in [1.54, 1.807) is 0 Å². The van der Waals surface area contributed by atoms with Crippen LogP contribution < -0.4 is 5.43 Å². The van der Waals surface area contributed by atoms with Gasteiger partial charge in [0.25, 0.3) is 5.69 Å². The van der Waals surface area contributed by atoms with Crippen LogP contribution in [-0.2, 0) is 6.18 Å². The summed E-state index contributed by atoms with van der Waals surface area (Å²) in [4.78, 5) is 10.6. The van der Waals surface area contributed by atoms with Crippen molar-refractivity contribution in [1.29, 1.82) is 0 Å². The molecule has 5 aromatic rings. The van der Waals surface area contributed by atoms with Crippen molar-refractivity contribution >= 4 is 28.5 Å². The van der Waals surface area contributed by atoms with E-state index in [9.17, 15) is 23.3 Å². The number of hydrogen-bond donors (Lipinski definition) is 1. The molecule has 0 saturated carbocycles. The van der Waals surface area contributed by atoms with Gasteiger partial charge in [-0.2, -0.15) is 18.3 Å². The highest BCUT2D eigenvalue weighted by atomic mass is 19.4. The zero-order valence-corrected chi connectivity index (χ0v) is 19.2. The van der Waals surface area contributed by atoms with Crippen molar-refractivity contribution in [2.24, 2.45) is 5.10 Å². The van der Waals surface area contributed by atoms with Crippen LogP contribution in [-0.4, -0.2) is 15.7 Å². The molecule has 0 aliphatic rings. The summed E-state index contributed by atoms with van der Waals surface area (Å²) in [5.74, 6) is 0. The van der Waals surface area contributed by atoms with Crippen LogP contribution in [0.1, 0.15) is 11.1 Å². The van der Waals surface area contributed by atoms with E-state index in [0.29, 0.717) is 6.07 Å². The Morgan fingerprint density at radius 1 is 0.865 bits per heavy atom. The molecule has 1 N–H and O–H groups in total. The number of rotatable bonds is 6. The molecule has 1 aromatic heterocycles. The zero-order valence-electron chi connectivity index (χ0n) is 19.2. The molecule has 184 valence electrons. The molecule has 0 fully saturated rings. The number of nitro benzene ring substituents is 1. The summed E-state index contributed by atoms with van der Waals surface area (Å²) in [5, 5.41) is 16.6. The molecule has 1 heterocycles. The van der Waals surface area contributed by atoms with Crippen LogP contribution in [0.5, 0.6) is 0 Å². The van der Waals surface area contributed by atoms with E-state index in [-0.39, 0.29) is 5.69 Å². The van der Waals surface area contributed by atoms with Crippen molar-refractivity contribution in [3.8, 4) is 16.9 Å². The summed E-state index contributed by atoms with van der Waals surface area (Å²) in [6.07, 6.45) is -3.16. The van der Waals surface area contributed by atoms with E-state index in [0.717, 1.165) is 45.5 Å². The van der Waals surface area contributed by atoms with Gasteiger partial charge in [-0.1, -0.05) is 66.7 Å². The third-order valence-corrected chi connectivity index (χ3v) is 5.88. The fourth-order valence-electron chi connectivity index (χ4n) is 4.24. The predicted octanol–water partition coefficient (Wildman–Crippen LogP) is 7.67. The van der Waals surface area contributed by atoms with Gasteiger partial charge in [-0.3, -0.25) is 15.5 Å². The van der Waals surface area contributed by atoms with E-state index >= 15 is 0 Å². The number of fused-ring (bicyclic) bond motifs is 1. The second-order valence-corrected chi connectivity index (χ2v) is 8.17. The van der Waals surface area contributed by atoms with Crippen LogP contribution in [0.25, 0.3) is 27.8 Å². The zero-order chi connectivity index (χ0) is 26.0. The first-order valence-corrected chi connectivity index (χ1v) is 11.2. The molecule has 0 atom stereocenters. The highest BCUT2D eigenvalue weighted by Crippen LogP contribution is 2.37. The molecule has 0 amide bonds. The number of para-hydroxylation sites is 2. The van der Waals surface area contributed by atoms with Gasteiger partial charge in [0.2, 0.25) is 0 Å². The lowest BCUT2D eigenvalue weighted by molar-refractivity contribution is -0.384. The predicted molar refractivity (Wildman–Crippen MR) is 138 cm³/mol. The molecular weight excluding hydrogens is 481 g/mol. The Morgan fingerprint density at radius 2 is 1.51 bits per heavy atom. The van der Waals surface area contributed by atoms with Gasteiger partial charge in [0.15, 0.2) is 0 Å². The quantitative estimate of drug-likeness (QED) is 0.148. The Morgan fingerprint density at radius 3 is 2.19 bits per heavy atom. The van der Waals surface area contributed by atoms with Gasteiger partial charge in [0.1, 0.15) is 5.69 Å². The lowest BCUT2D eigenvalue weighted by Crippen LogP contribution is -2.06. The lowest BCUT2D eigenvalue weighted by atomic mass is 10.1. The number of aromatic nitrogens is 1. The lowest BCUT2D eigenvalue weighted by Gasteiger charge is -2.12. The Hall–Kier alpha value is -4.92. The molecule has 0 radical (unpaired) electrons. The first-order valence-electron chi connectivity index (χ1n) is 11.2. The van der Waals surface area contributed by atoms with E-state index in [4.69, 9.17) is 0 Å². The topological polar surface area (TPSA) is 72.5 Å². The summed E-state index contributed by atoms with van der Waals surface area (Å²) >= 11 is 0. The first kappa shape index (κ1) is 23.8. The Labute approximate surface area is 209 Å². The minimum Gasteiger partial charge on any atom is -0.309 e. The van der Waals surface area contributed by atoms with E-state index < -0.39 is 22.4 Å². The Bertz CT molecular complexity index is 1610. The van der Waals surface area contributed by atoms with Crippen molar-refractivity contribution in [1.82, 2.24) is 4.57 Å². The highest BCUT2D eigenvalue weighted by molar-refractivity contribution is 6.07. The molecule has 0 spiro atoms. The van der Waals surface area contributed by atoms with Crippen molar-refractivity contribution in [2.45, 2.75) is 6.18 Å². The summed E-state index contributed by atoms with van der Waals surface area (Å²) < 4.78 is 41.3. The minimum atomic E-state index is -4.70. The maximum absolute atomic E-state index is 13.1. The summed E-state index contributed by atoms with van der Waals surface area (Å²) in [5.41, 5.74) is 4.96. The highest BCUT2D eigenvalue weighted by Gasteiger charge is 2.33. The number of nitro groups is 1. The standard InChI is InChI=1S/C28H19F3N4O2/c29-28(30,31)20-15-16-24(26(17-20)35(36)37)33-32-18-23-22-13-7-8-14-25(22)34(21-11-5-2-6-12-21)27(23)19-9-3-1-4-10-19/h1-18,33H/b32-18+. The largest absolute Gasteiger partial charge is 0.416 e. The summed E-state index contributed by atoms with van der Waals surface area (Å²) in [6, 6.07) is 29.5. The van der Waals surface area contributed by atoms with Gasteiger partial charge in [0.05, 0.1) is 27.9 Å². The van der Waals surface area contributed by atoms with Crippen molar-refractivity contribution in [3.63, 3.8) is 0 Å². The first-order chi connectivity index (χ1) is 17.8. The summed E-state index contributed by atoms with van der Waals surface area (Å²) in [6.45, 7) is 0. The normalized spacial score (nSPS) is 11.8.